The van der Waals surface area contributed by atoms with E-state index in [2.05, 4.69) is 30.9 Å². The zero-order chi connectivity index (χ0) is 23.8. The van der Waals surface area contributed by atoms with E-state index in [1.807, 2.05) is 0 Å². The van der Waals surface area contributed by atoms with Crippen molar-refractivity contribution >= 4 is 29.3 Å². The minimum Gasteiger partial charge on any atom is -0.350 e. The molecule has 0 radical (unpaired) electrons. The van der Waals surface area contributed by atoms with Gasteiger partial charge in [-0.1, -0.05) is 23.7 Å². The van der Waals surface area contributed by atoms with Crippen molar-refractivity contribution in [2.24, 2.45) is 0 Å². The van der Waals surface area contributed by atoms with Crippen LogP contribution in [0.2, 0.25) is 5.15 Å². The normalized spacial score (nSPS) is 10.4. The maximum absolute atomic E-state index is 13.4. The Bertz CT molecular complexity index is 1190. The van der Waals surface area contributed by atoms with E-state index in [1.54, 1.807) is 31.2 Å². The number of aryl methyl sites for hydroxylation is 1. The molecule has 0 saturated carbocycles. The lowest BCUT2D eigenvalue weighted by atomic mass is 10.1. The molecule has 1 aromatic carbocycles. The van der Waals surface area contributed by atoms with Gasteiger partial charge in [0.25, 0.3) is 11.8 Å². The van der Waals surface area contributed by atoms with Crippen molar-refractivity contribution in [2.45, 2.75) is 20.0 Å². The van der Waals surface area contributed by atoms with E-state index < -0.39 is 17.7 Å². The summed E-state index contributed by atoms with van der Waals surface area (Å²) in [5.74, 6) is -1.91. The van der Waals surface area contributed by atoms with Crippen LogP contribution in [0.1, 0.15) is 37.7 Å². The van der Waals surface area contributed by atoms with Gasteiger partial charge in [-0.3, -0.25) is 14.4 Å². The number of nitrogens with one attached hydrogen (secondary N) is 3. The van der Waals surface area contributed by atoms with Crippen LogP contribution < -0.4 is 16.0 Å². The highest BCUT2D eigenvalue weighted by atomic mass is 35.5. The largest absolute Gasteiger partial charge is 0.350 e. The van der Waals surface area contributed by atoms with E-state index in [-0.39, 0.29) is 36.8 Å². The van der Waals surface area contributed by atoms with Gasteiger partial charge >= 0.3 is 0 Å². The number of pyridine rings is 1. The summed E-state index contributed by atoms with van der Waals surface area (Å²) < 4.78 is 13.4. The third kappa shape index (κ3) is 7.04. The highest BCUT2D eigenvalue weighted by Gasteiger charge is 2.14. The van der Waals surface area contributed by atoms with Gasteiger partial charge in [0.2, 0.25) is 5.91 Å². The molecule has 3 N–H and O–H groups in total. The second-order valence-corrected chi connectivity index (χ2v) is 7.39. The first-order chi connectivity index (χ1) is 15.8. The number of amides is 3. The van der Waals surface area contributed by atoms with E-state index in [9.17, 15) is 18.8 Å². The van der Waals surface area contributed by atoms with E-state index >= 15 is 0 Å². The summed E-state index contributed by atoms with van der Waals surface area (Å²) in [6.07, 6.45) is 2.61. The van der Waals surface area contributed by atoms with Crippen molar-refractivity contribution in [3.8, 4) is 0 Å². The second-order valence-electron chi connectivity index (χ2n) is 7.00. The molecule has 33 heavy (non-hydrogen) atoms. The predicted octanol–water partition coefficient (Wildman–Crippen LogP) is 1.95. The molecule has 0 aliphatic rings. The first-order valence-electron chi connectivity index (χ1n) is 9.82. The van der Waals surface area contributed by atoms with Crippen molar-refractivity contribution in [3.05, 3.63) is 88.0 Å². The number of halogens is 2. The molecule has 2 heterocycles. The summed E-state index contributed by atoms with van der Waals surface area (Å²) in [6.45, 7) is 1.73. The van der Waals surface area contributed by atoms with Gasteiger partial charge in [0.1, 0.15) is 28.7 Å². The summed E-state index contributed by atoms with van der Waals surface area (Å²) in [4.78, 5) is 48.2. The van der Waals surface area contributed by atoms with Crippen LogP contribution >= 0.6 is 11.6 Å². The number of benzene rings is 1. The Kier molecular flexibility index (Phi) is 7.98. The van der Waals surface area contributed by atoms with Gasteiger partial charge in [-0.15, -0.1) is 0 Å². The van der Waals surface area contributed by atoms with E-state index in [1.165, 1.54) is 18.3 Å². The smallest absolute Gasteiger partial charge is 0.270 e. The molecule has 0 bridgehead atoms. The first-order valence-corrected chi connectivity index (χ1v) is 10.2. The molecule has 11 heteroatoms. The number of aromatic nitrogens is 3. The average molecular weight is 471 g/mol. The first kappa shape index (κ1) is 23.7. The Hall–Kier alpha value is -3.92. The van der Waals surface area contributed by atoms with Gasteiger partial charge in [-0.2, -0.15) is 0 Å². The van der Waals surface area contributed by atoms with Crippen molar-refractivity contribution in [2.75, 3.05) is 6.54 Å². The van der Waals surface area contributed by atoms with Crippen molar-refractivity contribution in [1.29, 1.82) is 0 Å². The molecular formula is C22H20ClFN6O3. The molecule has 0 fully saturated rings. The Morgan fingerprint density at radius 2 is 1.55 bits per heavy atom. The topological polar surface area (TPSA) is 126 Å². The molecule has 2 aromatic heterocycles. The van der Waals surface area contributed by atoms with E-state index in [4.69, 9.17) is 11.6 Å². The lowest BCUT2D eigenvalue weighted by Crippen LogP contribution is -2.37. The van der Waals surface area contributed by atoms with Crippen LogP contribution in [0.5, 0.6) is 0 Å². The Morgan fingerprint density at radius 1 is 0.879 bits per heavy atom. The molecule has 0 atom stereocenters. The molecule has 0 aliphatic carbocycles. The Morgan fingerprint density at radius 3 is 2.24 bits per heavy atom. The maximum atomic E-state index is 13.4. The van der Waals surface area contributed by atoms with Crippen LogP contribution in [0.15, 0.2) is 48.9 Å². The van der Waals surface area contributed by atoms with Gasteiger partial charge in [0.15, 0.2) is 0 Å². The summed E-state index contributed by atoms with van der Waals surface area (Å²) in [7, 11) is 0. The lowest BCUT2D eigenvalue weighted by Gasteiger charge is -2.08. The fourth-order valence-corrected chi connectivity index (χ4v) is 2.96. The zero-order valence-corrected chi connectivity index (χ0v) is 18.3. The number of rotatable bonds is 8. The second kappa shape index (κ2) is 11.1. The fourth-order valence-electron chi connectivity index (χ4n) is 2.76. The minimum absolute atomic E-state index is 0.0204. The molecule has 0 aliphatic heterocycles. The van der Waals surface area contributed by atoms with Gasteiger partial charge in [0, 0.05) is 25.4 Å². The molecule has 9 nitrogen and oxygen atoms in total. The van der Waals surface area contributed by atoms with Gasteiger partial charge in [0.05, 0.1) is 6.54 Å². The monoisotopic (exact) mass is 470 g/mol. The number of hydrogen-bond donors (Lipinski definition) is 3. The van der Waals surface area contributed by atoms with Gasteiger partial charge in [-0.05, 0) is 41.8 Å². The third-order valence-electron chi connectivity index (χ3n) is 4.50. The fraction of sp³-hybridized carbons (Fsp3) is 0.182. The quantitative estimate of drug-likeness (QED) is 0.432. The highest BCUT2D eigenvalue weighted by Crippen LogP contribution is 2.09. The summed E-state index contributed by atoms with van der Waals surface area (Å²) in [5.41, 5.74) is 1.86. The number of hydrogen-bond acceptors (Lipinski definition) is 6. The van der Waals surface area contributed by atoms with Crippen LogP contribution in [0.25, 0.3) is 0 Å². The number of carbonyl (C=O) groups excluding carboxylic acids is 3. The van der Waals surface area contributed by atoms with E-state index in [0.29, 0.717) is 16.3 Å². The summed E-state index contributed by atoms with van der Waals surface area (Å²) in [5, 5.41) is 8.04. The number of carbonyl (C=O) groups is 3. The van der Waals surface area contributed by atoms with Crippen molar-refractivity contribution in [1.82, 2.24) is 30.9 Å². The molecule has 0 saturated heterocycles. The molecule has 3 amide bonds. The predicted molar refractivity (Wildman–Crippen MR) is 118 cm³/mol. The van der Waals surface area contributed by atoms with Crippen molar-refractivity contribution in [3.63, 3.8) is 0 Å². The zero-order valence-electron chi connectivity index (χ0n) is 17.6. The minimum atomic E-state index is -0.636. The van der Waals surface area contributed by atoms with Crippen molar-refractivity contribution < 1.29 is 18.8 Å². The van der Waals surface area contributed by atoms with Crippen LogP contribution in [-0.4, -0.2) is 39.2 Å². The van der Waals surface area contributed by atoms with Crippen LogP contribution in [0, 0.1) is 12.7 Å². The Labute approximate surface area is 193 Å². The third-order valence-corrected chi connectivity index (χ3v) is 4.70. The van der Waals surface area contributed by atoms with Gasteiger partial charge < -0.3 is 16.0 Å². The number of nitrogens with zero attached hydrogens (tertiary/aromatic N) is 3. The van der Waals surface area contributed by atoms with Gasteiger partial charge in [-0.25, -0.2) is 19.3 Å². The van der Waals surface area contributed by atoms with Crippen LogP contribution in [0.3, 0.4) is 0 Å². The van der Waals surface area contributed by atoms with Crippen LogP contribution in [0.4, 0.5) is 4.39 Å². The highest BCUT2D eigenvalue weighted by molar-refractivity contribution is 6.29. The lowest BCUT2D eigenvalue weighted by molar-refractivity contribution is -0.120. The molecule has 3 rings (SSSR count). The molecule has 3 aromatic rings. The summed E-state index contributed by atoms with van der Waals surface area (Å²) in [6, 6.07) is 9.06. The summed E-state index contributed by atoms with van der Waals surface area (Å²) >= 11 is 5.79. The molecule has 0 spiro atoms. The van der Waals surface area contributed by atoms with Crippen LogP contribution in [-0.2, 0) is 17.9 Å². The molecular weight excluding hydrogens is 451 g/mol. The Balaban J connectivity index is 1.50. The maximum Gasteiger partial charge on any atom is 0.270 e. The SMILES string of the molecule is Cc1cc(CNC(=O)c2cc(C(=O)NCC(=O)NCc3ccnc(Cl)c3)ncn2)ccc1F. The molecule has 0 unspecified atom stereocenters. The van der Waals surface area contributed by atoms with E-state index in [0.717, 1.165) is 11.9 Å². The standard InChI is InChI=1S/C22H20ClFN6O3/c1-13-6-14(2-3-16(13)24)10-27-21(32)17-8-18(30-12-29-17)22(33)28-11-20(31)26-9-15-4-5-25-19(23)7-15/h2-8,12H,9-11H2,1H3,(H,26,31)(H,27,32)(H,28,33). The average Bonchev–Trinajstić information content (AvgIpc) is 2.82. The molecule has 170 valence electrons.